The van der Waals surface area contributed by atoms with E-state index in [0.717, 1.165) is 4.68 Å². The highest BCUT2D eigenvalue weighted by molar-refractivity contribution is 5.95. The van der Waals surface area contributed by atoms with Gasteiger partial charge in [-0.25, -0.2) is 13.2 Å². The molecule has 0 bridgehead atoms. The van der Waals surface area contributed by atoms with Gasteiger partial charge < -0.3 is 4.74 Å². The Balaban J connectivity index is 1.60. The van der Waals surface area contributed by atoms with Gasteiger partial charge in [0, 0.05) is 13.2 Å². The fourth-order valence-electron chi connectivity index (χ4n) is 2.28. The van der Waals surface area contributed by atoms with Crippen molar-refractivity contribution in [2.24, 2.45) is 7.05 Å². The fourth-order valence-corrected chi connectivity index (χ4v) is 2.28. The number of rotatable bonds is 6. The smallest absolute Gasteiger partial charge is 0.282 e. The largest absolute Gasteiger partial charge is 0.457 e. The Morgan fingerprint density at radius 3 is 2.26 bits per heavy atom. The van der Waals surface area contributed by atoms with E-state index >= 15 is 0 Å². The topological polar surface area (TPSA) is 68.2 Å². The van der Waals surface area contributed by atoms with Gasteiger partial charge in [0.1, 0.15) is 23.0 Å². The van der Waals surface area contributed by atoms with E-state index in [1.54, 1.807) is 24.3 Å². The summed E-state index contributed by atoms with van der Waals surface area (Å²) >= 11 is 0. The first kappa shape index (κ1) is 18.3. The van der Waals surface area contributed by atoms with Gasteiger partial charge in [-0.1, -0.05) is 0 Å². The van der Waals surface area contributed by atoms with Gasteiger partial charge in [-0.3, -0.25) is 20.3 Å². The van der Waals surface area contributed by atoms with E-state index < -0.39 is 18.0 Å². The van der Waals surface area contributed by atoms with Crippen molar-refractivity contribution >= 4 is 11.6 Å². The molecule has 6 nitrogen and oxygen atoms in total. The third-order valence-electron chi connectivity index (χ3n) is 3.53. The molecule has 0 atom stereocenters. The minimum absolute atomic E-state index is 0.212. The Labute approximate surface area is 152 Å². The van der Waals surface area contributed by atoms with E-state index in [1.807, 2.05) is 0 Å². The van der Waals surface area contributed by atoms with Crippen molar-refractivity contribution in [3.05, 3.63) is 71.8 Å². The van der Waals surface area contributed by atoms with Crippen molar-refractivity contribution in [2.75, 3.05) is 5.43 Å². The van der Waals surface area contributed by atoms with Crippen molar-refractivity contribution in [3.63, 3.8) is 0 Å². The number of aromatic nitrogens is 2. The van der Waals surface area contributed by atoms with Gasteiger partial charge in [0.2, 0.25) is 0 Å². The van der Waals surface area contributed by atoms with E-state index in [2.05, 4.69) is 16.0 Å². The molecule has 3 aromatic rings. The molecule has 0 saturated carbocycles. The Morgan fingerprint density at radius 1 is 1.07 bits per heavy atom. The third kappa shape index (κ3) is 4.57. The molecule has 0 spiro atoms. The highest BCUT2D eigenvalue weighted by Gasteiger charge is 2.22. The first-order valence-electron chi connectivity index (χ1n) is 7.84. The summed E-state index contributed by atoms with van der Waals surface area (Å²) in [6, 6.07) is 12.1. The second-order valence-electron chi connectivity index (χ2n) is 5.56. The van der Waals surface area contributed by atoms with Crippen LogP contribution in [0, 0.1) is 5.82 Å². The minimum Gasteiger partial charge on any atom is -0.457 e. The zero-order chi connectivity index (χ0) is 19.4. The molecule has 0 aliphatic rings. The number of hydrogen-bond acceptors (Lipinski definition) is 4. The van der Waals surface area contributed by atoms with Gasteiger partial charge in [-0.2, -0.15) is 5.10 Å². The van der Waals surface area contributed by atoms with Gasteiger partial charge in [0.25, 0.3) is 12.3 Å². The molecular weight excluding hydrogens is 361 g/mol. The average molecular weight is 376 g/mol. The number of amides is 1. The maximum Gasteiger partial charge on any atom is 0.282 e. The molecule has 3 rings (SSSR count). The summed E-state index contributed by atoms with van der Waals surface area (Å²) in [6.45, 7) is 0. The summed E-state index contributed by atoms with van der Waals surface area (Å²) in [4.78, 5) is 12.1. The quantitative estimate of drug-likeness (QED) is 0.637. The van der Waals surface area contributed by atoms with E-state index in [0.29, 0.717) is 17.2 Å². The highest BCUT2D eigenvalue weighted by Crippen LogP contribution is 2.23. The van der Waals surface area contributed by atoms with Gasteiger partial charge in [0.15, 0.2) is 0 Å². The maximum absolute atomic E-state index is 12.9. The second kappa shape index (κ2) is 7.81. The Morgan fingerprint density at radius 2 is 1.67 bits per heavy atom. The lowest BCUT2D eigenvalue weighted by Crippen LogP contribution is -2.29. The maximum atomic E-state index is 12.9. The number of halogens is 3. The molecule has 9 heteroatoms. The van der Waals surface area contributed by atoms with Crippen LogP contribution in [0.3, 0.4) is 0 Å². The number of aryl methyl sites for hydroxylation is 1. The first-order valence-corrected chi connectivity index (χ1v) is 7.84. The van der Waals surface area contributed by atoms with Crippen LogP contribution < -0.4 is 15.6 Å². The molecule has 0 radical (unpaired) electrons. The summed E-state index contributed by atoms with van der Waals surface area (Å²) in [5.41, 5.74) is 4.69. The van der Waals surface area contributed by atoms with Crippen LogP contribution in [0.25, 0.3) is 0 Å². The van der Waals surface area contributed by atoms with E-state index in [9.17, 15) is 18.0 Å². The molecule has 27 heavy (non-hydrogen) atoms. The number of hydrogen-bond donors (Lipinski definition) is 2. The predicted octanol–water partition coefficient (Wildman–Crippen LogP) is 4.05. The van der Waals surface area contributed by atoms with Crippen molar-refractivity contribution in [3.8, 4) is 11.5 Å². The highest BCUT2D eigenvalue weighted by atomic mass is 19.3. The standard InChI is InChI=1S/C18H15F3N4O2/c1-25-10-15(16(24-25)17(20)21)18(26)23-22-12-4-8-14(9-5-12)27-13-6-2-11(19)3-7-13/h2-10,17,22H,1H3,(H,23,26). The van der Waals surface area contributed by atoms with Crippen LogP contribution >= 0.6 is 0 Å². The predicted molar refractivity (Wildman–Crippen MR) is 92.2 cm³/mol. The molecule has 1 amide bonds. The van der Waals surface area contributed by atoms with Crippen LogP contribution in [0.15, 0.2) is 54.7 Å². The molecule has 0 aliphatic carbocycles. The summed E-state index contributed by atoms with van der Waals surface area (Å²) < 4.78 is 45.4. The van der Waals surface area contributed by atoms with E-state index in [1.165, 1.54) is 37.5 Å². The molecule has 2 aromatic carbocycles. The van der Waals surface area contributed by atoms with Crippen LogP contribution in [0.1, 0.15) is 22.5 Å². The monoisotopic (exact) mass is 376 g/mol. The Kier molecular flexibility index (Phi) is 5.30. The first-order chi connectivity index (χ1) is 12.9. The summed E-state index contributed by atoms with van der Waals surface area (Å²) in [5.74, 6) is -0.112. The number of hydrazine groups is 1. The molecule has 1 aromatic heterocycles. The van der Waals surface area contributed by atoms with Crippen molar-refractivity contribution in [1.82, 2.24) is 15.2 Å². The Bertz CT molecular complexity index is 925. The molecular formula is C18H15F3N4O2. The van der Waals surface area contributed by atoms with Crippen LogP contribution in [0.5, 0.6) is 11.5 Å². The average Bonchev–Trinajstić information content (AvgIpc) is 3.05. The van der Waals surface area contributed by atoms with Crippen molar-refractivity contribution < 1.29 is 22.7 Å². The molecule has 0 unspecified atom stereocenters. The number of anilines is 1. The summed E-state index contributed by atoms with van der Waals surface area (Å²) in [6.07, 6.45) is -1.63. The summed E-state index contributed by atoms with van der Waals surface area (Å²) in [5, 5.41) is 3.58. The zero-order valence-corrected chi connectivity index (χ0v) is 14.1. The summed E-state index contributed by atoms with van der Waals surface area (Å²) in [7, 11) is 1.45. The van der Waals surface area contributed by atoms with Gasteiger partial charge in [-0.05, 0) is 48.5 Å². The fraction of sp³-hybridized carbons (Fsp3) is 0.111. The van der Waals surface area contributed by atoms with Crippen LogP contribution in [-0.2, 0) is 7.05 Å². The second-order valence-corrected chi connectivity index (χ2v) is 5.56. The number of benzene rings is 2. The SMILES string of the molecule is Cn1cc(C(=O)NNc2ccc(Oc3ccc(F)cc3)cc2)c(C(F)F)n1. The molecule has 1 heterocycles. The Hall–Kier alpha value is -3.49. The van der Waals surface area contributed by atoms with Gasteiger partial charge in [-0.15, -0.1) is 0 Å². The number of carbonyl (C=O) groups is 1. The molecule has 2 N–H and O–H groups in total. The number of ether oxygens (including phenoxy) is 1. The lowest BCUT2D eigenvalue weighted by Gasteiger charge is -2.10. The zero-order valence-electron chi connectivity index (χ0n) is 14.1. The van der Waals surface area contributed by atoms with Gasteiger partial charge >= 0.3 is 0 Å². The molecule has 0 aliphatic heterocycles. The van der Waals surface area contributed by atoms with Crippen LogP contribution in [0.4, 0.5) is 18.9 Å². The van der Waals surface area contributed by atoms with Crippen molar-refractivity contribution in [2.45, 2.75) is 6.43 Å². The number of alkyl halides is 2. The number of carbonyl (C=O) groups excluding carboxylic acids is 1. The van der Waals surface area contributed by atoms with Crippen LogP contribution in [0.2, 0.25) is 0 Å². The lowest BCUT2D eigenvalue weighted by atomic mass is 10.2. The van der Waals surface area contributed by atoms with Gasteiger partial charge in [0.05, 0.1) is 11.3 Å². The van der Waals surface area contributed by atoms with E-state index in [4.69, 9.17) is 4.74 Å². The van der Waals surface area contributed by atoms with E-state index in [-0.39, 0.29) is 11.4 Å². The van der Waals surface area contributed by atoms with Crippen molar-refractivity contribution in [1.29, 1.82) is 0 Å². The van der Waals surface area contributed by atoms with Crippen LogP contribution in [-0.4, -0.2) is 15.7 Å². The normalized spacial score (nSPS) is 10.7. The molecule has 0 saturated heterocycles. The molecule has 140 valence electrons. The minimum atomic E-state index is -2.85. The lowest BCUT2D eigenvalue weighted by molar-refractivity contribution is 0.0948. The number of nitrogens with zero attached hydrogens (tertiary/aromatic N) is 2. The number of nitrogens with one attached hydrogen (secondary N) is 2. The third-order valence-corrected chi connectivity index (χ3v) is 3.53. The molecule has 0 fully saturated rings.